The molecule has 1 amide bonds. The van der Waals surface area contributed by atoms with E-state index in [2.05, 4.69) is 10.6 Å². The first-order valence-electron chi connectivity index (χ1n) is 6.59. The smallest absolute Gasteiger partial charge is 0.329 e. The van der Waals surface area contributed by atoms with Crippen LogP contribution < -0.4 is 10.6 Å². The average molecular weight is 258 g/mol. The Balaban J connectivity index is 4.07. The van der Waals surface area contributed by atoms with Gasteiger partial charge in [-0.05, 0) is 26.3 Å². The Bertz CT molecular complexity index is 279. The molecule has 18 heavy (non-hydrogen) atoms. The summed E-state index contributed by atoms with van der Waals surface area (Å²) in [5.74, 6) is -1.17. The van der Waals surface area contributed by atoms with Gasteiger partial charge in [-0.1, -0.05) is 27.2 Å². The number of carbonyl (C=O) groups is 2. The summed E-state index contributed by atoms with van der Waals surface area (Å²) in [7, 11) is 0. The van der Waals surface area contributed by atoms with Gasteiger partial charge in [0.25, 0.3) is 0 Å². The lowest BCUT2D eigenvalue weighted by Gasteiger charge is -2.25. The van der Waals surface area contributed by atoms with Crippen molar-refractivity contribution in [3.8, 4) is 0 Å². The zero-order valence-corrected chi connectivity index (χ0v) is 11.9. The van der Waals surface area contributed by atoms with E-state index in [1.807, 2.05) is 20.8 Å². The monoisotopic (exact) mass is 258 g/mol. The van der Waals surface area contributed by atoms with Crippen molar-refractivity contribution in [2.75, 3.05) is 6.54 Å². The van der Waals surface area contributed by atoms with E-state index < -0.39 is 11.5 Å². The number of carboxylic acid groups (broad SMARTS) is 1. The van der Waals surface area contributed by atoms with Gasteiger partial charge in [-0.2, -0.15) is 0 Å². The second-order valence-corrected chi connectivity index (χ2v) is 5.15. The molecule has 0 aliphatic rings. The lowest BCUT2D eigenvalue weighted by atomic mass is 9.96. The topological polar surface area (TPSA) is 78.4 Å². The highest BCUT2D eigenvalue weighted by Crippen LogP contribution is 2.13. The summed E-state index contributed by atoms with van der Waals surface area (Å²) in [6, 6.07) is 0.400. The molecule has 1 unspecified atom stereocenters. The third-order valence-corrected chi connectivity index (χ3v) is 2.77. The van der Waals surface area contributed by atoms with Crippen LogP contribution in [0, 0.1) is 0 Å². The molecule has 0 spiro atoms. The van der Waals surface area contributed by atoms with E-state index >= 15 is 0 Å². The first-order valence-corrected chi connectivity index (χ1v) is 6.59. The minimum atomic E-state index is -1.14. The molecule has 0 aromatic rings. The van der Waals surface area contributed by atoms with E-state index in [-0.39, 0.29) is 5.91 Å². The number of amides is 1. The molecule has 0 bridgehead atoms. The van der Waals surface area contributed by atoms with Gasteiger partial charge in [0.1, 0.15) is 5.54 Å². The van der Waals surface area contributed by atoms with Crippen molar-refractivity contribution in [2.45, 2.75) is 65.0 Å². The fourth-order valence-corrected chi connectivity index (χ4v) is 1.73. The minimum Gasteiger partial charge on any atom is -0.480 e. The van der Waals surface area contributed by atoms with E-state index in [1.165, 1.54) is 0 Å². The van der Waals surface area contributed by atoms with Gasteiger partial charge in [0.15, 0.2) is 0 Å². The molecule has 0 aliphatic heterocycles. The molecule has 0 aromatic carbocycles. The second kappa shape index (κ2) is 8.08. The molecule has 0 heterocycles. The third-order valence-electron chi connectivity index (χ3n) is 2.77. The molecule has 0 aromatic heterocycles. The highest BCUT2D eigenvalue weighted by molar-refractivity contribution is 5.86. The predicted octanol–water partition coefficient (Wildman–Crippen LogP) is 1.52. The van der Waals surface area contributed by atoms with Gasteiger partial charge in [0.05, 0.1) is 0 Å². The fourth-order valence-electron chi connectivity index (χ4n) is 1.73. The predicted molar refractivity (Wildman–Crippen MR) is 71.5 cm³/mol. The van der Waals surface area contributed by atoms with Gasteiger partial charge in [-0.3, -0.25) is 4.79 Å². The van der Waals surface area contributed by atoms with Crippen LogP contribution >= 0.6 is 0 Å². The number of carboxylic acids is 1. The van der Waals surface area contributed by atoms with Crippen molar-refractivity contribution in [3.05, 3.63) is 0 Å². The number of carbonyl (C=O) groups excluding carboxylic acids is 1. The largest absolute Gasteiger partial charge is 0.480 e. The molecular formula is C13H26N2O3. The zero-order valence-electron chi connectivity index (χ0n) is 11.9. The standard InChI is InChI=1S/C13H26N2O3/c1-5-8-13(4,12(17)18)15-11(16)7-6-9-14-10(2)3/h10,14H,5-9H2,1-4H3,(H,15,16)(H,17,18). The van der Waals surface area contributed by atoms with Crippen LogP contribution in [0.4, 0.5) is 0 Å². The van der Waals surface area contributed by atoms with Crippen LogP contribution in [0.5, 0.6) is 0 Å². The average Bonchev–Trinajstić information content (AvgIpc) is 2.24. The summed E-state index contributed by atoms with van der Waals surface area (Å²) >= 11 is 0. The summed E-state index contributed by atoms with van der Waals surface area (Å²) in [4.78, 5) is 22.8. The van der Waals surface area contributed by atoms with Gasteiger partial charge in [0, 0.05) is 12.5 Å². The van der Waals surface area contributed by atoms with Crippen LogP contribution in [0.2, 0.25) is 0 Å². The van der Waals surface area contributed by atoms with Crippen LogP contribution in [-0.4, -0.2) is 35.1 Å². The van der Waals surface area contributed by atoms with E-state index in [0.29, 0.717) is 25.3 Å². The molecule has 3 N–H and O–H groups in total. The maximum absolute atomic E-state index is 11.7. The molecule has 1 atom stereocenters. The van der Waals surface area contributed by atoms with E-state index in [4.69, 9.17) is 5.11 Å². The number of aliphatic carboxylic acids is 1. The number of rotatable bonds is 9. The summed E-state index contributed by atoms with van der Waals surface area (Å²) in [6.45, 7) is 8.32. The Kier molecular flexibility index (Phi) is 7.59. The number of nitrogens with one attached hydrogen (secondary N) is 2. The van der Waals surface area contributed by atoms with Gasteiger partial charge < -0.3 is 15.7 Å². The van der Waals surface area contributed by atoms with Gasteiger partial charge >= 0.3 is 5.97 Å². The maximum Gasteiger partial charge on any atom is 0.329 e. The van der Waals surface area contributed by atoms with Crippen molar-refractivity contribution in [1.29, 1.82) is 0 Å². The normalized spacial score (nSPS) is 14.3. The molecule has 0 rings (SSSR count). The van der Waals surface area contributed by atoms with Crippen molar-refractivity contribution in [2.24, 2.45) is 0 Å². The lowest BCUT2D eigenvalue weighted by molar-refractivity contribution is -0.147. The highest BCUT2D eigenvalue weighted by atomic mass is 16.4. The number of hydrogen-bond acceptors (Lipinski definition) is 3. The number of hydrogen-bond donors (Lipinski definition) is 3. The summed E-state index contributed by atoms with van der Waals surface area (Å²) in [5.41, 5.74) is -1.14. The van der Waals surface area contributed by atoms with Crippen molar-refractivity contribution in [1.82, 2.24) is 10.6 Å². The Morgan fingerprint density at radius 2 is 1.94 bits per heavy atom. The first-order chi connectivity index (χ1) is 8.31. The lowest BCUT2D eigenvalue weighted by Crippen LogP contribution is -2.52. The first kappa shape index (κ1) is 16.9. The quantitative estimate of drug-likeness (QED) is 0.548. The highest BCUT2D eigenvalue weighted by Gasteiger charge is 2.33. The molecule has 0 saturated heterocycles. The van der Waals surface area contributed by atoms with Crippen LogP contribution in [0.3, 0.4) is 0 Å². The fraction of sp³-hybridized carbons (Fsp3) is 0.846. The summed E-state index contributed by atoms with van der Waals surface area (Å²) < 4.78 is 0. The molecule has 0 fully saturated rings. The van der Waals surface area contributed by atoms with Gasteiger partial charge in [-0.25, -0.2) is 4.79 Å². The van der Waals surface area contributed by atoms with E-state index in [9.17, 15) is 9.59 Å². The zero-order chi connectivity index (χ0) is 14.2. The minimum absolute atomic E-state index is 0.195. The Labute approximate surface area is 109 Å². The molecule has 5 heteroatoms. The van der Waals surface area contributed by atoms with Gasteiger partial charge in [0.2, 0.25) is 5.91 Å². The summed E-state index contributed by atoms with van der Waals surface area (Å²) in [6.07, 6.45) is 2.23. The van der Waals surface area contributed by atoms with Crippen LogP contribution in [0.25, 0.3) is 0 Å². The van der Waals surface area contributed by atoms with Gasteiger partial charge in [-0.15, -0.1) is 0 Å². The Morgan fingerprint density at radius 3 is 2.39 bits per heavy atom. The molecule has 0 radical (unpaired) electrons. The van der Waals surface area contributed by atoms with Crippen molar-refractivity contribution >= 4 is 11.9 Å². The van der Waals surface area contributed by atoms with Crippen molar-refractivity contribution < 1.29 is 14.7 Å². The van der Waals surface area contributed by atoms with Crippen molar-refractivity contribution in [3.63, 3.8) is 0 Å². The second-order valence-electron chi connectivity index (χ2n) is 5.15. The third kappa shape index (κ3) is 6.59. The summed E-state index contributed by atoms with van der Waals surface area (Å²) in [5, 5.41) is 15.0. The van der Waals surface area contributed by atoms with E-state index in [1.54, 1.807) is 6.92 Å². The molecule has 5 nitrogen and oxygen atoms in total. The van der Waals surface area contributed by atoms with Crippen LogP contribution in [-0.2, 0) is 9.59 Å². The Hall–Kier alpha value is -1.10. The molecule has 0 aliphatic carbocycles. The molecule has 106 valence electrons. The van der Waals surface area contributed by atoms with Crippen LogP contribution in [0.1, 0.15) is 53.4 Å². The van der Waals surface area contributed by atoms with E-state index in [0.717, 1.165) is 13.0 Å². The SMILES string of the molecule is CCCC(C)(NC(=O)CCCNC(C)C)C(=O)O. The van der Waals surface area contributed by atoms with Crippen LogP contribution in [0.15, 0.2) is 0 Å². The maximum atomic E-state index is 11.7. The molecule has 0 saturated carbocycles. The molecular weight excluding hydrogens is 232 g/mol. The Morgan fingerprint density at radius 1 is 1.33 bits per heavy atom.